The Morgan fingerprint density at radius 3 is 2.67 bits per heavy atom. The van der Waals surface area contributed by atoms with Gasteiger partial charge >= 0.3 is 0 Å². The zero-order chi connectivity index (χ0) is 16.5. The van der Waals surface area contributed by atoms with Gasteiger partial charge in [0.2, 0.25) is 5.76 Å². The second-order valence-electron chi connectivity index (χ2n) is 5.50. The monoisotopic (exact) mass is 318 g/mol. The summed E-state index contributed by atoms with van der Waals surface area (Å²) in [6, 6.07) is 17.5. The molecule has 0 fully saturated rings. The van der Waals surface area contributed by atoms with Crippen molar-refractivity contribution in [2.24, 2.45) is 5.73 Å². The number of nitrogens with two attached hydrogens (primary N) is 1. The van der Waals surface area contributed by atoms with Crippen molar-refractivity contribution < 1.29 is 9.32 Å². The van der Waals surface area contributed by atoms with Crippen LogP contribution in [0, 0.1) is 0 Å². The van der Waals surface area contributed by atoms with Crippen LogP contribution >= 0.6 is 0 Å². The summed E-state index contributed by atoms with van der Waals surface area (Å²) in [7, 11) is 0. The highest BCUT2D eigenvalue weighted by Gasteiger charge is 2.10. The lowest BCUT2D eigenvalue weighted by Gasteiger charge is -2.05. The molecule has 0 unspecified atom stereocenters. The van der Waals surface area contributed by atoms with Crippen LogP contribution in [0.15, 0.2) is 65.4 Å². The number of primary amides is 1. The van der Waals surface area contributed by atoms with Crippen LogP contribution in [0.3, 0.4) is 0 Å². The Labute approximate surface area is 137 Å². The van der Waals surface area contributed by atoms with E-state index < -0.39 is 5.91 Å². The molecule has 0 aliphatic rings. The quantitative estimate of drug-likeness (QED) is 0.627. The molecule has 0 saturated carbocycles. The Bertz CT molecular complexity index is 1010. The maximum absolute atomic E-state index is 11.1. The van der Waals surface area contributed by atoms with E-state index in [1.807, 2.05) is 48.8 Å². The van der Waals surface area contributed by atoms with Gasteiger partial charge in [-0.1, -0.05) is 41.6 Å². The molecular formula is C18H14N4O2. The van der Waals surface area contributed by atoms with Crippen molar-refractivity contribution in [2.75, 3.05) is 0 Å². The molecule has 4 rings (SSSR count). The first kappa shape index (κ1) is 14.2. The van der Waals surface area contributed by atoms with E-state index in [1.54, 1.807) is 6.07 Å². The molecule has 2 N–H and O–H groups in total. The van der Waals surface area contributed by atoms with Crippen molar-refractivity contribution in [3.63, 3.8) is 0 Å². The molecule has 0 spiro atoms. The fourth-order valence-corrected chi connectivity index (χ4v) is 2.64. The maximum atomic E-state index is 11.1. The normalized spacial score (nSPS) is 11.0. The molecule has 118 valence electrons. The molecular weight excluding hydrogens is 304 g/mol. The van der Waals surface area contributed by atoms with Crippen LogP contribution < -0.4 is 5.73 Å². The Morgan fingerprint density at radius 1 is 1.12 bits per heavy atom. The predicted molar refractivity (Wildman–Crippen MR) is 89.3 cm³/mol. The van der Waals surface area contributed by atoms with E-state index in [2.05, 4.69) is 20.8 Å². The topological polar surface area (TPSA) is 86.9 Å². The molecule has 4 aromatic rings. The van der Waals surface area contributed by atoms with Crippen molar-refractivity contribution in [1.82, 2.24) is 14.7 Å². The largest absolute Gasteiger partial charge is 0.363 e. The first-order valence-corrected chi connectivity index (χ1v) is 7.46. The highest BCUT2D eigenvalue weighted by Crippen LogP contribution is 2.21. The van der Waals surface area contributed by atoms with Gasteiger partial charge in [-0.15, -0.1) is 0 Å². The van der Waals surface area contributed by atoms with Crippen molar-refractivity contribution in [1.29, 1.82) is 0 Å². The molecule has 0 radical (unpaired) electrons. The van der Waals surface area contributed by atoms with Crippen molar-refractivity contribution in [3.05, 3.63) is 72.2 Å². The molecule has 2 aromatic carbocycles. The highest BCUT2D eigenvalue weighted by atomic mass is 16.5. The highest BCUT2D eigenvalue weighted by molar-refractivity contribution is 5.90. The van der Waals surface area contributed by atoms with Crippen molar-refractivity contribution >= 4 is 16.9 Å². The summed E-state index contributed by atoms with van der Waals surface area (Å²) in [5.74, 6) is -0.573. The van der Waals surface area contributed by atoms with E-state index in [0.29, 0.717) is 5.69 Å². The first-order chi connectivity index (χ1) is 11.7. The molecule has 2 aromatic heterocycles. The maximum Gasteiger partial charge on any atom is 0.287 e. The number of hydrogen-bond acceptors (Lipinski definition) is 4. The molecule has 0 saturated heterocycles. The number of nitrogens with zero attached hydrogens (tertiary/aromatic N) is 3. The van der Waals surface area contributed by atoms with Crippen LogP contribution in [-0.2, 0) is 6.54 Å². The molecule has 6 nitrogen and oxygen atoms in total. The van der Waals surface area contributed by atoms with Gasteiger partial charge in [0.25, 0.3) is 5.91 Å². The van der Waals surface area contributed by atoms with E-state index in [1.165, 1.54) is 0 Å². The van der Waals surface area contributed by atoms with Gasteiger partial charge in [-0.25, -0.2) is 4.98 Å². The molecule has 0 bridgehead atoms. The van der Waals surface area contributed by atoms with Gasteiger partial charge in [-0.05, 0) is 17.7 Å². The van der Waals surface area contributed by atoms with Gasteiger partial charge in [0.15, 0.2) is 0 Å². The minimum Gasteiger partial charge on any atom is -0.363 e. The minimum atomic E-state index is -0.627. The molecule has 0 aliphatic heterocycles. The molecule has 0 aliphatic carbocycles. The second-order valence-corrected chi connectivity index (χ2v) is 5.50. The Hall–Kier alpha value is -3.41. The fraction of sp³-hybridized carbons (Fsp3) is 0.0556. The zero-order valence-electron chi connectivity index (χ0n) is 12.7. The van der Waals surface area contributed by atoms with Crippen molar-refractivity contribution in [3.8, 4) is 11.3 Å². The van der Waals surface area contributed by atoms with Crippen LogP contribution in [-0.4, -0.2) is 20.6 Å². The number of para-hydroxylation sites is 2. The lowest BCUT2D eigenvalue weighted by atomic mass is 10.1. The van der Waals surface area contributed by atoms with Gasteiger partial charge in [0.1, 0.15) is 5.69 Å². The molecule has 2 heterocycles. The third kappa shape index (κ3) is 2.54. The summed E-state index contributed by atoms with van der Waals surface area (Å²) in [6.45, 7) is 0.728. The molecule has 24 heavy (non-hydrogen) atoms. The summed E-state index contributed by atoms with van der Waals surface area (Å²) in [5, 5.41) is 3.86. The predicted octanol–water partition coefficient (Wildman–Crippen LogP) is 2.84. The van der Waals surface area contributed by atoms with E-state index in [0.717, 1.165) is 28.7 Å². The van der Waals surface area contributed by atoms with Crippen LogP contribution in [0.1, 0.15) is 16.1 Å². The Balaban J connectivity index is 1.58. The standard InChI is InChI=1S/C18H14N4O2/c19-18(23)17-9-15(21-24-17)13-7-5-12(6-8-13)10-22-11-20-14-3-1-2-4-16(14)22/h1-9,11H,10H2,(H2,19,23). The van der Waals surface area contributed by atoms with Gasteiger partial charge in [-0.2, -0.15) is 0 Å². The van der Waals surface area contributed by atoms with Gasteiger partial charge in [0.05, 0.1) is 17.4 Å². The van der Waals surface area contributed by atoms with Gasteiger partial charge < -0.3 is 14.8 Å². The molecule has 0 atom stereocenters. The second kappa shape index (κ2) is 5.66. The van der Waals surface area contributed by atoms with E-state index in [9.17, 15) is 4.79 Å². The molecule has 1 amide bonds. The van der Waals surface area contributed by atoms with Crippen LogP contribution in [0.25, 0.3) is 22.3 Å². The lowest BCUT2D eigenvalue weighted by molar-refractivity contribution is 0.0965. The first-order valence-electron chi connectivity index (χ1n) is 7.46. The average Bonchev–Trinajstić information content (AvgIpc) is 3.24. The number of rotatable bonds is 4. The summed E-state index contributed by atoms with van der Waals surface area (Å²) in [6.07, 6.45) is 1.84. The number of amides is 1. The van der Waals surface area contributed by atoms with Gasteiger partial charge in [-0.3, -0.25) is 4.79 Å². The Kier molecular flexibility index (Phi) is 3.35. The number of fused-ring (bicyclic) bond motifs is 1. The number of carbonyl (C=O) groups excluding carboxylic acids is 1. The number of benzene rings is 2. The summed E-state index contributed by atoms with van der Waals surface area (Å²) in [4.78, 5) is 15.5. The van der Waals surface area contributed by atoms with E-state index >= 15 is 0 Å². The summed E-state index contributed by atoms with van der Waals surface area (Å²) in [5.41, 5.74) is 9.84. The Morgan fingerprint density at radius 2 is 1.92 bits per heavy atom. The lowest BCUT2D eigenvalue weighted by Crippen LogP contribution is -2.09. The number of hydrogen-bond donors (Lipinski definition) is 1. The zero-order valence-corrected chi connectivity index (χ0v) is 12.7. The average molecular weight is 318 g/mol. The number of aromatic nitrogens is 3. The third-order valence-electron chi connectivity index (χ3n) is 3.88. The number of imidazole rings is 1. The van der Waals surface area contributed by atoms with Crippen LogP contribution in [0.5, 0.6) is 0 Å². The SMILES string of the molecule is NC(=O)c1cc(-c2ccc(Cn3cnc4ccccc43)cc2)no1. The fourth-order valence-electron chi connectivity index (χ4n) is 2.64. The molecule has 6 heteroatoms. The van der Waals surface area contributed by atoms with E-state index in [-0.39, 0.29) is 5.76 Å². The summed E-state index contributed by atoms with van der Waals surface area (Å²) >= 11 is 0. The van der Waals surface area contributed by atoms with Crippen LogP contribution in [0.2, 0.25) is 0 Å². The smallest absolute Gasteiger partial charge is 0.287 e. The summed E-state index contributed by atoms with van der Waals surface area (Å²) < 4.78 is 7.01. The minimum absolute atomic E-state index is 0.0546. The third-order valence-corrected chi connectivity index (χ3v) is 3.88. The number of carbonyl (C=O) groups is 1. The van der Waals surface area contributed by atoms with E-state index in [4.69, 9.17) is 10.3 Å². The van der Waals surface area contributed by atoms with Crippen LogP contribution in [0.4, 0.5) is 0 Å². The van der Waals surface area contributed by atoms with Crippen molar-refractivity contribution in [2.45, 2.75) is 6.54 Å². The van der Waals surface area contributed by atoms with Gasteiger partial charge in [0, 0.05) is 18.2 Å².